The van der Waals surface area contributed by atoms with E-state index in [1.165, 1.54) is 11.0 Å². The van der Waals surface area contributed by atoms with Crippen molar-refractivity contribution in [3.05, 3.63) is 65.1 Å². The van der Waals surface area contributed by atoms with Gasteiger partial charge >= 0.3 is 0 Å². The second kappa shape index (κ2) is 11.0. The fourth-order valence-electron chi connectivity index (χ4n) is 4.96. The number of hydrogen-bond donors (Lipinski definition) is 2. The van der Waals surface area contributed by atoms with Crippen LogP contribution >= 0.6 is 0 Å². The highest BCUT2D eigenvalue weighted by atomic mass is 16.5. The minimum Gasteiger partial charge on any atom is -0.505 e. The molecule has 1 saturated heterocycles. The number of aromatic nitrogens is 2. The van der Waals surface area contributed by atoms with Crippen molar-refractivity contribution >= 4 is 23.1 Å². The lowest BCUT2D eigenvalue weighted by molar-refractivity contribution is -0.140. The van der Waals surface area contributed by atoms with Gasteiger partial charge in [-0.05, 0) is 69.7 Å². The van der Waals surface area contributed by atoms with Gasteiger partial charge in [0.1, 0.15) is 11.3 Å². The number of aliphatic hydroxyl groups is 1. The quantitative estimate of drug-likeness (QED) is 0.244. The third-order valence-electron chi connectivity index (χ3n) is 6.84. The van der Waals surface area contributed by atoms with Crippen LogP contribution in [0.3, 0.4) is 0 Å². The number of likely N-dealkylation sites (tertiary alicyclic amines) is 1. The van der Waals surface area contributed by atoms with Crippen molar-refractivity contribution in [1.29, 1.82) is 0 Å². The van der Waals surface area contributed by atoms with Crippen LogP contribution in [0.4, 0.5) is 0 Å². The zero-order valence-electron chi connectivity index (χ0n) is 21.8. The number of Topliss-reactive ketones (excluding diaryl/α,β-unsaturated/α-hetero) is 1. The fourth-order valence-corrected chi connectivity index (χ4v) is 4.96. The smallest absolute Gasteiger partial charge is 0.295 e. The average Bonchev–Trinajstić information content (AvgIpc) is 3.36. The van der Waals surface area contributed by atoms with Gasteiger partial charge in [0, 0.05) is 12.7 Å². The second-order valence-corrected chi connectivity index (χ2v) is 9.01. The summed E-state index contributed by atoms with van der Waals surface area (Å²) in [6, 6.07) is 9.37. The first kappa shape index (κ1) is 26.2. The van der Waals surface area contributed by atoms with E-state index >= 15 is 0 Å². The lowest BCUT2D eigenvalue weighted by Crippen LogP contribution is -2.33. The molecule has 196 valence electrons. The van der Waals surface area contributed by atoms with Crippen molar-refractivity contribution in [2.75, 3.05) is 32.8 Å². The van der Waals surface area contributed by atoms with Crippen molar-refractivity contribution in [3.8, 4) is 11.5 Å². The Labute approximate surface area is 216 Å². The van der Waals surface area contributed by atoms with Crippen LogP contribution < -0.4 is 4.74 Å². The maximum atomic E-state index is 13.4. The zero-order chi connectivity index (χ0) is 26.7. The normalized spacial score (nSPS) is 17.3. The van der Waals surface area contributed by atoms with Crippen LogP contribution in [0.15, 0.2) is 48.2 Å². The number of ether oxygens (including phenoxy) is 1. The molecule has 0 saturated carbocycles. The molecule has 4 rings (SSSR count). The summed E-state index contributed by atoms with van der Waals surface area (Å²) in [5.74, 6) is -1.48. The highest BCUT2D eigenvalue weighted by Gasteiger charge is 2.46. The van der Waals surface area contributed by atoms with Crippen molar-refractivity contribution in [2.45, 2.75) is 40.2 Å². The Balaban J connectivity index is 1.85. The molecule has 3 aromatic rings. The van der Waals surface area contributed by atoms with Gasteiger partial charge in [-0.15, -0.1) is 0 Å². The van der Waals surface area contributed by atoms with Gasteiger partial charge in [0.2, 0.25) is 0 Å². The van der Waals surface area contributed by atoms with Crippen LogP contribution in [-0.2, 0) is 9.59 Å². The molecule has 1 fully saturated rings. The molecule has 1 amide bonds. The minimum atomic E-state index is -0.842. The van der Waals surface area contributed by atoms with Crippen LogP contribution in [0.5, 0.6) is 11.5 Å². The van der Waals surface area contributed by atoms with Gasteiger partial charge in [0.15, 0.2) is 17.3 Å². The van der Waals surface area contributed by atoms with Crippen LogP contribution in [0.1, 0.15) is 50.2 Å². The Kier molecular flexibility index (Phi) is 7.83. The van der Waals surface area contributed by atoms with Crippen molar-refractivity contribution in [2.24, 2.45) is 0 Å². The number of phenols is 1. The molecule has 3 heterocycles. The van der Waals surface area contributed by atoms with Crippen LogP contribution in [0.25, 0.3) is 11.4 Å². The molecular formula is C28H34N4O5. The Morgan fingerprint density at radius 2 is 1.89 bits per heavy atom. The van der Waals surface area contributed by atoms with Crippen molar-refractivity contribution in [3.63, 3.8) is 0 Å². The predicted molar refractivity (Wildman–Crippen MR) is 141 cm³/mol. The zero-order valence-corrected chi connectivity index (χ0v) is 21.8. The van der Waals surface area contributed by atoms with Gasteiger partial charge in [-0.3, -0.25) is 14.0 Å². The van der Waals surface area contributed by atoms with Gasteiger partial charge in [-0.1, -0.05) is 26.0 Å². The van der Waals surface area contributed by atoms with Gasteiger partial charge in [-0.25, -0.2) is 4.98 Å². The maximum Gasteiger partial charge on any atom is 0.295 e. The number of aryl methyl sites for hydroxylation is 1. The van der Waals surface area contributed by atoms with Crippen LogP contribution in [-0.4, -0.2) is 73.9 Å². The Bertz CT molecular complexity index is 1340. The number of carbonyl (C=O) groups excluding carboxylic acids is 2. The lowest BCUT2D eigenvalue weighted by Gasteiger charge is -2.27. The molecule has 0 bridgehead atoms. The largest absolute Gasteiger partial charge is 0.505 e. The summed E-state index contributed by atoms with van der Waals surface area (Å²) in [5.41, 5.74) is 2.09. The van der Waals surface area contributed by atoms with Crippen molar-refractivity contribution < 1.29 is 24.5 Å². The molecular weight excluding hydrogens is 472 g/mol. The average molecular weight is 507 g/mol. The molecule has 0 spiro atoms. The highest BCUT2D eigenvalue weighted by Crippen LogP contribution is 2.42. The van der Waals surface area contributed by atoms with Gasteiger partial charge < -0.3 is 24.7 Å². The molecule has 1 aliphatic rings. The Hall–Kier alpha value is -3.85. The Morgan fingerprint density at radius 3 is 2.59 bits per heavy atom. The number of aromatic hydroxyl groups is 1. The third kappa shape index (κ3) is 4.91. The molecule has 1 aliphatic heterocycles. The first-order valence-electron chi connectivity index (χ1n) is 12.7. The molecule has 0 radical (unpaired) electrons. The molecule has 0 aliphatic carbocycles. The first-order valence-corrected chi connectivity index (χ1v) is 12.7. The van der Waals surface area contributed by atoms with E-state index in [1.54, 1.807) is 42.6 Å². The standard InChI is InChI=1S/C28H34N4O5/c1-5-30(6-2)14-10-16-32-25(19-12-13-20(33)21(17-19)37-7-3)23(27(35)28(32)36)26(34)24-18(4)29-22-11-8-9-15-31(22)24/h8-9,11-13,15,17,25,33-34H,5-7,10,14,16H2,1-4H3/b26-23+. The minimum absolute atomic E-state index is 0.00488. The molecule has 9 heteroatoms. The number of benzene rings is 1. The molecule has 1 unspecified atom stereocenters. The number of imidazole rings is 1. The summed E-state index contributed by atoms with van der Waals surface area (Å²) in [4.78, 5) is 35.0. The summed E-state index contributed by atoms with van der Waals surface area (Å²) in [6.45, 7) is 10.9. The number of rotatable bonds is 10. The summed E-state index contributed by atoms with van der Waals surface area (Å²) in [5, 5.41) is 21.8. The number of carbonyl (C=O) groups is 2. The number of ketones is 1. The van der Waals surface area contributed by atoms with E-state index in [2.05, 4.69) is 23.7 Å². The summed E-state index contributed by atoms with van der Waals surface area (Å²) >= 11 is 0. The number of phenolic OH excluding ortho intramolecular Hbond substituents is 1. The van der Waals surface area contributed by atoms with E-state index in [1.807, 2.05) is 12.1 Å². The fraction of sp³-hybridized carbons (Fsp3) is 0.393. The van der Waals surface area contributed by atoms with E-state index in [4.69, 9.17) is 4.74 Å². The van der Waals surface area contributed by atoms with Gasteiger partial charge in [0.05, 0.1) is 23.9 Å². The summed E-state index contributed by atoms with van der Waals surface area (Å²) < 4.78 is 7.28. The predicted octanol–water partition coefficient (Wildman–Crippen LogP) is 3.90. The number of amides is 1. The lowest BCUT2D eigenvalue weighted by atomic mass is 9.95. The topological polar surface area (TPSA) is 108 Å². The molecule has 37 heavy (non-hydrogen) atoms. The number of pyridine rings is 1. The number of hydrogen-bond acceptors (Lipinski definition) is 7. The molecule has 9 nitrogen and oxygen atoms in total. The molecule has 1 atom stereocenters. The Morgan fingerprint density at radius 1 is 1.14 bits per heavy atom. The van der Waals surface area contributed by atoms with E-state index in [9.17, 15) is 19.8 Å². The number of fused-ring (bicyclic) bond motifs is 1. The van der Waals surface area contributed by atoms with Gasteiger partial charge in [-0.2, -0.15) is 0 Å². The van der Waals surface area contributed by atoms with E-state index in [-0.39, 0.29) is 22.8 Å². The number of nitrogens with zero attached hydrogens (tertiary/aromatic N) is 4. The molecule has 2 aromatic heterocycles. The molecule has 2 N–H and O–H groups in total. The van der Waals surface area contributed by atoms with Crippen LogP contribution in [0.2, 0.25) is 0 Å². The highest BCUT2D eigenvalue weighted by molar-refractivity contribution is 6.46. The SMILES string of the molecule is CCOc1cc(C2/C(=C(\O)c3c(C)nc4ccccn34)C(=O)C(=O)N2CCCN(CC)CC)ccc1O. The maximum absolute atomic E-state index is 13.4. The van der Waals surface area contributed by atoms with E-state index in [0.29, 0.717) is 42.2 Å². The van der Waals surface area contributed by atoms with Gasteiger partial charge in [0.25, 0.3) is 11.7 Å². The monoisotopic (exact) mass is 506 g/mol. The molecule has 1 aromatic carbocycles. The second-order valence-electron chi connectivity index (χ2n) is 9.01. The number of aliphatic hydroxyl groups excluding tert-OH is 1. The van der Waals surface area contributed by atoms with Crippen LogP contribution in [0, 0.1) is 6.92 Å². The summed E-state index contributed by atoms with van der Waals surface area (Å²) in [7, 11) is 0. The van der Waals surface area contributed by atoms with E-state index in [0.717, 1.165) is 19.6 Å². The third-order valence-corrected chi connectivity index (χ3v) is 6.84. The van der Waals surface area contributed by atoms with Crippen molar-refractivity contribution in [1.82, 2.24) is 19.2 Å². The first-order chi connectivity index (χ1) is 17.8. The summed E-state index contributed by atoms with van der Waals surface area (Å²) in [6.07, 6.45) is 2.42. The van der Waals surface area contributed by atoms with E-state index < -0.39 is 17.7 Å².